The summed E-state index contributed by atoms with van der Waals surface area (Å²) in [5.74, 6) is 0.141. The lowest BCUT2D eigenvalue weighted by Gasteiger charge is -2.35. The first kappa shape index (κ1) is 16.5. The van der Waals surface area contributed by atoms with Crippen LogP contribution in [-0.2, 0) is 6.54 Å². The maximum Gasteiger partial charge on any atom is 0.253 e. The van der Waals surface area contributed by atoms with Gasteiger partial charge in [-0.15, -0.1) is 0 Å². The molecular formula is C19H28N2O2. The Morgan fingerprint density at radius 2 is 1.87 bits per heavy atom. The standard InChI is InChI=1S/C19H28N2O2/c1-13-9-15(10-14(2)17(13)11-20)18(23)21-8-7-19(12-21)5-3-16(22)4-6-19/h9-10,16,22H,3-8,11-12,20H2,1-2H3. The van der Waals surface area contributed by atoms with Gasteiger partial charge in [0.2, 0.25) is 0 Å². The number of nitrogens with two attached hydrogens (primary N) is 1. The third-order valence-electron chi connectivity index (χ3n) is 5.89. The summed E-state index contributed by atoms with van der Waals surface area (Å²) in [6, 6.07) is 3.96. The van der Waals surface area contributed by atoms with Crippen molar-refractivity contribution in [2.24, 2.45) is 11.1 Å². The summed E-state index contributed by atoms with van der Waals surface area (Å²) in [5.41, 5.74) is 10.2. The van der Waals surface area contributed by atoms with Crippen molar-refractivity contribution < 1.29 is 9.90 Å². The minimum Gasteiger partial charge on any atom is -0.393 e. The average molecular weight is 316 g/mol. The van der Waals surface area contributed by atoms with Crippen LogP contribution in [0.15, 0.2) is 12.1 Å². The first-order chi connectivity index (χ1) is 10.9. The van der Waals surface area contributed by atoms with E-state index in [1.165, 1.54) is 0 Å². The summed E-state index contributed by atoms with van der Waals surface area (Å²) < 4.78 is 0. The second-order valence-corrected chi connectivity index (χ2v) is 7.50. The fourth-order valence-corrected chi connectivity index (χ4v) is 4.35. The van der Waals surface area contributed by atoms with Crippen molar-refractivity contribution in [2.75, 3.05) is 13.1 Å². The van der Waals surface area contributed by atoms with E-state index in [1.807, 2.05) is 30.9 Å². The van der Waals surface area contributed by atoms with Crippen LogP contribution in [0.5, 0.6) is 0 Å². The van der Waals surface area contributed by atoms with Gasteiger partial charge >= 0.3 is 0 Å². The summed E-state index contributed by atoms with van der Waals surface area (Å²) in [6.07, 6.45) is 4.78. The maximum atomic E-state index is 12.9. The molecule has 0 atom stereocenters. The third kappa shape index (κ3) is 3.15. The molecule has 0 radical (unpaired) electrons. The quantitative estimate of drug-likeness (QED) is 0.881. The zero-order valence-corrected chi connectivity index (χ0v) is 14.3. The molecule has 1 aliphatic carbocycles. The molecule has 1 heterocycles. The number of carbonyl (C=O) groups excluding carboxylic acids is 1. The number of amides is 1. The Hall–Kier alpha value is -1.39. The number of nitrogens with zero attached hydrogens (tertiary/aromatic N) is 1. The van der Waals surface area contributed by atoms with Crippen LogP contribution < -0.4 is 5.73 Å². The van der Waals surface area contributed by atoms with E-state index in [2.05, 4.69) is 0 Å². The van der Waals surface area contributed by atoms with Crippen LogP contribution in [0.2, 0.25) is 0 Å². The van der Waals surface area contributed by atoms with Gasteiger partial charge in [-0.1, -0.05) is 0 Å². The molecule has 0 aromatic heterocycles. The van der Waals surface area contributed by atoms with Crippen LogP contribution in [-0.4, -0.2) is 35.1 Å². The number of benzene rings is 1. The Labute approximate surface area is 138 Å². The third-order valence-corrected chi connectivity index (χ3v) is 5.89. The Morgan fingerprint density at radius 1 is 1.26 bits per heavy atom. The van der Waals surface area contributed by atoms with Gasteiger partial charge in [-0.05, 0) is 80.2 Å². The van der Waals surface area contributed by atoms with Crippen molar-refractivity contribution in [1.29, 1.82) is 0 Å². The number of hydrogen-bond donors (Lipinski definition) is 2. The van der Waals surface area contributed by atoms with E-state index >= 15 is 0 Å². The smallest absolute Gasteiger partial charge is 0.253 e. The van der Waals surface area contributed by atoms with Crippen LogP contribution in [0.25, 0.3) is 0 Å². The number of aliphatic hydroxyl groups is 1. The summed E-state index contributed by atoms with van der Waals surface area (Å²) in [4.78, 5) is 14.9. The molecule has 23 heavy (non-hydrogen) atoms. The molecule has 1 aromatic carbocycles. The highest BCUT2D eigenvalue weighted by Crippen LogP contribution is 2.44. The summed E-state index contributed by atoms with van der Waals surface area (Å²) in [5, 5.41) is 9.73. The van der Waals surface area contributed by atoms with Crippen molar-refractivity contribution in [3.05, 3.63) is 34.4 Å². The number of carbonyl (C=O) groups is 1. The fourth-order valence-electron chi connectivity index (χ4n) is 4.35. The molecule has 2 fully saturated rings. The van der Waals surface area contributed by atoms with E-state index in [1.54, 1.807) is 0 Å². The van der Waals surface area contributed by atoms with Crippen molar-refractivity contribution in [3.63, 3.8) is 0 Å². The monoisotopic (exact) mass is 316 g/mol. The minimum absolute atomic E-state index is 0.139. The van der Waals surface area contributed by atoms with E-state index < -0.39 is 0 Å². The van der Waals surface area contributed by atoms with Gasteiger partial charge < -0.3 is 15.7 Å². The van der Waals surface area contributed by atoms with Crippen LogP contribution in [0.4, 0.5) is 0 Å². The lowest BCUT2D eigenvalue weighted by Crippen LogP contribution is -2.35. The van der Waals surface area contributed by atoms with Gasteiger partial charge in [0, 0.05) is 25.2 Å². The lowest BCUT2D eigenvalue weighted by molar-refractivity contribution is 0.0599. The van der Waals surface area contributed by atoms with Crippen molar-refractivity contribution in [2.45, 2.75) is 58.6 Å². The van der Waals surface area contributed by atoms with Gasteiger partial charge in [0.05, 0.1) is 6.10 Å². The Morgan fingerprint density at radius 3 is 2.43 bits per heavy atom. The highest BCUT2D eigenvalue weighted by atomic mass is 16.3. The van der Waals surface area contributed by atoms with E-state index in [-0.39, 0.29) is 17.4 Å². The molecule has 1 spiro atoms. The van der Waals surface area contributed by atoms with E-state index in [9.17, 15) is 9.90 Å². The number of rotatable bonds is 2. The van der Waals surface area contributed by atoms with Gasteiger partial charge in [0.25, 0.3) is 5.91 Å². The molecule has 0 unspecified atom stereocenters. The summed E-state index contributed by atoms with van der Waals surface area (Å²) >= 11 is 0. The summed E-state index contributed by atoms with van der Waals surface area (Å²) in [6.45, 7) is 6.25. The van der Waals surface area contributed by atoms with Gasteiger partial charge in [-0.2, -0.15) is 0 Å². The first-order valence-electron chi connectivity index (χ1n) is 8.72. The molecule has 1 saturated heterocycles. The molecular weight excluding hydrogens is 288 g/mol. The Balaban J connectivity index is 1.75. The predicted molar refractivity (Wildman–Crippen MR) is 91.2 cm³/mol. The fraction of sp³-hybridized carbons (Fsp3) is 0.632. The zero-order chi connectivity index (χ0) is 16.6. The van der Waals surface area contributed by atoms with Crippen LogP contribution in [0.3, 0.4) is 0 Å². The van der Waals surface area contributed by atoms with Crippen molar-refractivity contribution >= 4 is 5.91 Å². The van der Waals surface area contributed by atoms with E-state index in [0.717, 1.165) is 67.4 Å². The Bertz CT molecular complexity index is 580. The number of likely N-dealkylation sites (tertiary alicyclic amines) is 1. The van der Waals surface area contributed by atoms with Gasteiger partial charge in [0.15, 0.2) is 0 Å². The second-order valence-electron chi connectivity index (χ2n) is 7.50. The number of hydrogen-bond acceptors (Lipinski definition) is 3. The molecule has 3 rings (SSSR count). The SMILES string of the molecule is Cc1cc(C(=O)N2CCC3(CCC(O)CC3)C2)cc(C)c1CN. The minimum atomic E-state index is -0.139. The highest BCUT2D eigenvalue weighted by Gasteiger charge is 2.42. The van der Waals surface area contributed by atoms with E-state index in [0.29, 0.717) is 6.54 Å². The van der Waals surface area contributed by atoms with Gasteiger partial charge in [0.1, 0.15) is 0 Å². The lowest BCUT2D eigenvalue weighted by atomic mass is 9.73. The van der Waals surface area contributed by atoms with Crippen LogP contribution in [0.1, 0.15) is 59.2 Å². The second kappa shape index (κ2) is 6.25. The summed E-state index contributed by atoms with van der Waals surface area (Å²) in [7, 11) is 0. The molecule has 1 aliphatic heterocycles. The topological polar surface area (TPSA) is 66.6 Å². The molecule has 1 amide bonds. The highest BCUT2D eigenvalue weighted by molar-refractivity contribution is 5.95. The number of aliphatic hydroxyl groups excluding tert-OH is 1. The van der Waals surface area contributed by atoms with Gasteiger partial charge in [-0.25, -0.2) is 0 Å². The molecule has 4 nitrogen and oxygen atoms in total. The van der Waals surface area contributed by atoms with E-state index in [4.69, 9.17) is 5.73 Å². The molecule has 126 valence electrons. The molecule has 2 aliphatic rings. The zero-order valence-electron chi connectivity index (χ0n) is 14.3. The van der Waals surface area contributed by atoms with Crippen LogP contribution in [0, 0.1) is 19.3 Å². The Kier molecular flexibility index (Phi) is 4.47. The normalized spacial score (nSPS) is 27.7. The van der Waals surface area contributed by atoms with Crippen molar-refractivity contribution in [3.8, 4) is 0 Å². The average Bonchev–Trinajstić information content (AvgIpc) is 2.93. The first-order valence-corrected chi connectivity index (χ1v) is 8.72. The molecule has 4 heteroatoms. The predicted octanol–water partition coefficient (Wildman–Crippen LogP) is 2.53. The maximum absolute atomic E-state index is 12.9. The molecule has 0 bridgehead atoms. The molecule has 1 aromatic rings. The van der Waals surface area contributed by atoms with Gasteiger partial charge in [-0.3, -0.25) is 4.79 Å². The largest absolute Gasteiger partial charge is 0.393 e. The van der Waals surface area contributed by atoms with Crippen LogP contribution >= 0.6 is 0 Å². The van der Waals surface area contributed by atoms with Crippen molar-refractivity contribution in [1.82, 2.24) is 4.90 Å². The molecule has 1 saturated carbocycles. The molecule has 3 N–H and O–H groups in total. The number of aryl methyl sites for hydroxylation is 2.